The Balaban J connectivity index is 1.70. The van der Waals surface area contributed by atoms with Crippen molar-refractivity contribution in [3.63, 3.8) is 0 Å². The minimum atomic E-state index is -0.827. The Morgan fingerprint density at radius 1 is 1.34 bits per heavy atom. The average Bonchev–Trinajstić information content (AvgIpc) is 3.20. The summed E-state index contributed by atoms with van der Waals surface area (Å²) in [6.07, 6.45) is 1.17. The van der Waals surface area contributed by atoms with Crippen molar-refractivity contribution >= 4 is 17.6 Å². The molecule has 3 aromatic heterocycles. The van der Waals surface area contributed by atoms with Gasteiger partial charge in [0, 0.05) is 18.3 Å². The third-order valence-electron chi connectivity index (χ3n) is 4.75. The molecular formula is C19H22F2N8O3. The smallest absolute Gasteiger partial charge is 0.258 e. The molecule has 1 aliphatic heterocycles. The Morgan fingerprint density at radius 2 is 2.12 bits per heavy atom. The van der Waals surface area contributed by atoms with Crippen LogP contribution in [0.3, 0.4) is 0 Å². The van der Waals surface area contributed by atoms with Gasteiger partial charge in [-0.05, 0) is 13.8 Å². The fourth-order valence-electron chi connectivity index (χ4n) is 3.17. The van der Waals surface area contributed by atoms with Crippen molar-refractivity contribution in [3.8, 4) is 5.88 Å². The van der Waals surface area contributed by atoms with Crippen LogP contribution in [0.1, 0.15) is 24.5 Å². The monoisotopic (exact) mass is 448 g/mol. The maximum atomic E-state index is 15.5. The first kappa shape index (κ1) is 21.8. The second-order valence-corrected chi connectivity index (χ2v) is 7.18. The summed E-state index contributed by atoms with van der Waals surface area (Å²) < 4.78 is 39.7. The zero-order valence-electron chi connectivity index (χ0n) is 17.4. The average molecular weight is 448 g/mol. The lowest BCUT2D eigenvalue weighted by Crippen LogP contribution is -2.48. The molecule has 0 aliphatic carbocycles. The van der Waals surface area contributed by atoms with Gasteiger partial charge in [-0.15, -0.1) is 0 Å². The van der Waals surface area contributed by atoms with Crippen LogP contribution in [0.15, 0.2) is 18.5 Å². The van der Waals surface area contributed by atoms with Crippen LogP contribution in [0, 0.1) is 18.6 Å². The molecule has 0 amide bonds. The molecule has 1 aliphatic rings. The Morgan fingerprint density at radius 3 is 2.81 bits per heavy atom. The molecular weight excluding hydrogens is 426 g/mol. The highest BCUT2D eigenvalue weighted by Crippen LogP contribution is 2.31. The summed E-state index contributed by atoms with van der Waals surface area (Å²) in [5.41, 5.74) is 0.807. The molecule has 4 rings (SSSR count). The van der Waals surface area contributed by atoms with E-state index in [0.717, 1.165) is 18.1 Å². The molecule has 170 valence electrons. The number of rotatable bonds is 7. The summed E-state index contributed by atoms with van der Waals surface area (Å²) >= 11 is 0. The second-order valence-electron chi connectivity index (χ2n) is 7.18. The van der Waals surface area contributed by atoms with Crippen LogP contribution in [-0.4, -0.2) is 67.6 Å². The van der Waals surface area contributed by atoms with Gasteiger partial charge in [0.2, 0.25) is 11.8 Å². The van der Waals surface area contributed by atoms with Gasteiger partial charge in [0.05, 0.1) is 38.3 Å². The SMILES string of the molecule is Cc1cc(Nc2nc(OC(C)c3ncc(F)cn3)c(F)c(N3CCOCC3CO)n2)n[nH]1. The van der Waals surface area contributed by atoms with Crippen molar-refractivity contribution in [3.05, 3.63) is 41.6 Å². The van der Waals surface area contributed by atoms with E-state index in [1.54, 1.807) is 17.9 Å². The Labute approximate surface area is 181 Å². The highest BCUT2D eigenvalue weighted by Gasteiger charge is 2.30. The third kappa shape index (κ3) is 4.73. The van der Waals surface area contributed by atoms with E-state index in [0.29, 0.717) is 19.0 Å². The van der Waals surface area contributed by atoms with Crippen LogP contribution in [0.4, 0.5) is 26.4 Å². The molecule has 0 radical (unpaired) electrons. The largest absolute Gasteiger partial charge is 0.464 e. The van der Waals surface area contributed by atoms with Crippen LogP contribution in [0.5, 0.6) is 5.88 Å². The Kier molecular flexibility index (Phi) is 6.37. The van der Waals surface area contributed by atoms with Gasteiger partial charge in [-0.1, -0.05) is 0 Å². The first-order valence-corrected chi connectivity index (χ1v) is 9.90. The van der Waals surface area contributed by atoms with E-state index in [1.807, 2.05) is 6.92 Å². The Bertz CT molecular complexity index is 1070. The number of anilines is 3. The lowest BCUT2D eigenvalue weighted by molar-refractivity contribution is 0.0717. The van der Waals surface area contributed by atoms with Crippen molar-refractivity contribution in [1.82, 2.24) is 30.1 Å². The number of morpholine rings is 1. The standard InChI is InChI=1S/C19H22F2N8O3/c1-10-5-14(28-27-10)24-19-25-17(29-3-4-31-9-13(29)8-30)15(21)18(26-19)32-11(2)16-22-6-12(20)7-23-16/h5-7,11,13,30H,3-4,8-9H2,1-2H3,(H2,24,25,26,27,28). The number of aromatic amines is 1. The summed E-state index contributed by atoms with van der Waals surface area (Å²) in [5, 5.41) is 19.5. The quantitative estimate of drug-likeness (QED) is 0.490. The molecule has 2 unspecified atom stereocenters. The van der Waals surface area contributed by atoms with Gasteiger partial charge >= 0.3 is 0 Å². The molecule has 4 heterocycles. The maximum absolute atomic E-state index is 15.5. The van der Waals surface area contributed by atoms with Crippen molar-refractivity contribution in [1.29, 1.82) is 0 Å². The minimum Gasteiger partial charge on any atom is -0.464 e. The summed E-state index contributed by atoms with van der Waals surface area (Å²) in [7, 11) is 0. The molecule has 1 fully saturated rings. The number of halogens is 2. The fourth-order valence-corrected chi connectivity index (χ4v) is 3.17. The highest BCUT2D eigenvalue weighted by atomic mass is 19.1. The summed E-state index contributed by atoms with van der Waals surface area (Å²) in [6.45, 7) is 4.04. The van der Waals surface area contributed by atoms with E-state index >= 15 is 4.39 Å². The van der Waals surface area contributed by atoms with E-state index in [2.05, 4.69) is 35.5 Å². The molecule has 11 nitrogen and oxygen atoms in total. The normalized spacial score (nSPS) is 17.3. The summed E-state index contributed by atoms with van der Waals surface area (Å²) in [5.74, 6) is -1.20. The molecule has 3 aromatic rings. The van der Waals surface area contributed by atoms with Crippen molar-refractivity contribution < 1.29 is 23.4 Å². The molecule has 2 atom stereocenters. The molecule has 32 heavy (non-hydrogen) atoms. The molecule has 0 saturated carbocycles. The number of hydrogen-bond acceptors (Lipinski definition) is 10. The number of H-pyrrole nitrogens is 1. The number of nitrogens with one attached hydrogen (secondary N) is 2. The van der Waals surface area contributed by atoms with E-state index in [1.165, 1.54) is 0 Å². The number of hydrogen-bond donors (Lipinski definition) is 3. The van der Waals surface area contributed by atoms with Gasteiger partial charge in [-0.3, -0.25) is 5.10 Å². The molecule has 0 bridgehead atoms. The molecule has 13 heteroatoms. The second kappa shape index (κ2) is 9.36. The number of aliphatic hydroxyl groups excluding tert-OH is 1. The van der Waals surface area contributed by atoms with Gasteiger partial charge in [-0.2, -0.15) is 19.5 Å². The number of aliphatic hydroxyl groups is 1. The number of aryl methyl sites for hydroxylation is 1. The fraction of sp³-hybridized carbons (Fsp3) is 0.421. The van der Waals surface area contributed by atoms with Gasteiger partial charge in [-0.25, -0.2) is 14.4 Å². The molecule has 0 aromatic carbocycles. The predicted molar refractivity (Wildman–Crippen MR) is 109 cm³/mol. The first-order valence-electron chi connectivity index (χ1n) is 9.90. The van der Waals surface area contributed by atoms with E-state index in [9.17, 15) is 9.50 Å². The van der Waals surface area contributed by atoms with Crippen LogP contribution in [-0.2, 0) is 4.74 Å². The van der Waals surface area contributed by atoms with Crippen LogP contribution >= 0.6 is 0 Å². The van der Waals surface area contributed by atoms with Gasteiger partial charge < -0.3 is 24.8 Å². The van der Waals surface area contributed by atoms with Gasteiger partial charge in [0.1, 0.15) is 0 Å². The van der Waals surface area contributed by atoms with Crippen LogP contribution < -0.4 is 15.0 Å². The highest BCUT2D eigenvalue weighted by molar-refractivity contribution is 5.55. The van der Waals surface area contributed by atoms with E-state index < -0.39 is 23.8 Å². The summed E-state index contributed by atoms with van der Waals surface area (Å²) in [6, 6.07) is 1.24. The maximum Gasteiger partial charge on any atom is 0.258 e. The molecule has 0 spiro atoms. The van der Waals surface area contributed by atoms with Gasteiger partial charge in [0.15, 0.2) is 29.4 Å². The third-order valence-corrected chi connectivity index (χ3v) is 4.75. The summed E-state index contributed by atoms with van der Waals surface area (Å²) in [4.78, 5) is 17.8. The van der Waals surface area contributed by atoms with E-state index in [4.69, 9.17) is 9.47 Å². The minimum absolute atomic E-state index is 0.0401. The van der Waals surface area contributed by atoms with Crippen LogP contribution in [0.25, 0.3) is 0 Å². The zero-order valence-corrected chi connectivity index (χ0v) is 17.4. The number of ether oxygens (including phenoxy) is 2. The van der Waals surface area contributed by atoms with E-state index in [-0.39, 0.29) is 36.7 Å². The number of aromatic nitrogens is 6. The zero-order chi connectivity index (χ0) is 22.7. The lowest BCUT2D eigenvalue weighted by atomic mass is 10.2. The molecule has 3 N–H and O–H groups in total. The predicted octanol–water partition coefficient (Wildman–Crippen LogP) is 1.66. The van der Waals surface area contributed by atoms with Crippen LogP contribution in [0.2, 0.25) is 0 Å². The lowest BCUT2D eigenvalue weighted by Gasteiger charge is -2.35. The molecule has 1 saturated heterocycles. The van der Waals surface area contributed by atoms with Crippen molar-refractivity contribution in [2.45, 2.75) is 26.0 Å². The van der Waals surface area contributed by atoms with Gasteiger partial charge in [0.25, 0.3) is 5.88 Å². The van der Waals surface area contributed by atoms with Crippen molar-refractivity contribution in [2.75, 3.05) is 36.6 Å². The topological polar surface area (TPSA) is 134 Å². The Hall–Kier alpha value is -3.45. The van der Waals surface area contributed by atoms with Crippen molar-refractivity contribution in [2.24, 2.45) is 0 Å². The first-order chi connectivity index (χ1) is 15.4. The number of nitrogens with zero attached hydrogens (tertiary/aromatic N) is 6.